The van der Waals surface area contributed by atoms with Crippen LogP contribution in [0.2, 0.25) is 0 Å². The van der Waals surface area contributed by atoms with Gasteiger partial charge in [0.15, 0.2) is 11.6 Å². The lowest BCUT2D eigenvalue weighted by molar-refractivity contribution is -0.0440. The number of carbonyl (C=O) groups excluding carboxylic acids is 1. The first-order valence-electron chi connectivity index (χ1n) is 6.45. The van der Waals surface area contributed by atoms with Crippen molar-refractivity contribution in [3.63, 3.8) is 0 Å². The van der Waals surface area contributed by atoms with Gasteiger partial charge in [-0.1, -0.05) is 0 Å². The lowest BCUT2D eigenvalue weighted by Gasteiger charge is -2.39. The molecule has 1 fully saturated rings. The van der Waals surface area contributed by atoms with Crippen LogP contribution in [0.15, 0.2) is 12.1 Å². The van der Waals surface area contributed by atoms with E-state index in [9.17, 15) is 13.6 Å². The molecule has 1 unspecified atom stereocenters. The predicted octanol–water partition coefficient (Wildman–Crippen LogP) is 2.19. The zero-order chi connectivity index (χ0) is 14.9. The molecular formula is C14H18F2N2O2. The van der Waals surface area contributed by atoms with Crippen molar-refractivity contribution in [2.45, 2.75) is 25.4 Å². The van der Waals surface area contributed by atoms with Crippen LogP contribution in [0.1, 0.15) is 30.1 Å². The Bertz CT molecular complexity index is 536. The SMILES string of the molecule is COC1(C)CCCN(C(=O)c2cc(F)c(F)cc2N)C1. The summed E-state index contributed by atoms with van der Waals surface area (Å²) in [5.41, 5.74) is 5.13. The average Bonchev–Trinajstić information content (AvgIpc) is 2.42. The van der Waals surface area contributed by atoms with Crippen LogP contribution in [-0.4, -0.2) is 36.6 Å². The van der Waals surface area contributed by atoms with Crippen molar-refractivity contribution >= 4 is 11.6 Å². The van der Waals surface area contributed by atoms with Crippen molar-refractivity contribution in [1.82, 2.24) is 4.90 Å². The van der Waals surface area contributed by atoms with E-state index in [0.717, 1.165) is 25.0 Å². The van der Waals surface area contributed by atoms with Gasteiger partial charge in [0, 0.05) is 32.0 Å². The van der Waals surface area contributed by atoms with Gasteiger partial charge in [-0.2, -0.15) is 0 Å². The maximum atomic E-state index is 13.3. The molecule has 0 aliphatic carbocycles. The van der Waals surface area contributed by atoms with Gasteiger partial charge in [0.2, 0.25) is 0 Å². The molecule has 20 heavy (non-hydrogen) atoms. The number of methoxy groups -OCH3 is 1. The normalized spacial score (nSPS) is 22.9. The highest BCUT2D eigenvalue weighted by Crippen LogP contribution is 2.26. The van der Waals surface area contributed by atoms with Gasteiger partial charge < -0.3 is 15.4 Å². The molecule has 1 aliphatic heterocycles. The second-order valence-corrected chi connectivity index (χ2v) is 5.34. The molecule has 1 atom stereocenters. The highest BCUT2D eigenvalue weighted by atomic mass is 19.2. The second kappa shape index (κ2) is 5.36. The Morgan fingerprint density at radius 2 is 2.05 bits per heavy atom. The minimum absolute atomic E-state index is 0.00995. The minimum atomic E-state index is -1.07. The van der Waals surface area contributed by atoms with Crippen LogP contribution in [0, 0.1) is 11.6 Å². The summed E-state index contributed by atoms with van der Waals surface area (Å²) in [6.07, 6.45) is 1.64. The molecule has 1 aliphatic rings. The summed E-state index contributed by atoms with van der Waals surface area (Å²) in [7, 11) is 1.60. The van der Waals surface area contributed by atoms with Gasteiger partial charge in [0.25, 0.3) is 5.91 Å². The molecule has 0 spiro atoms. The number of piperidine rings is 1. The van der Waals surface area contributed by atoms with E-state index in [2.05, 4.69) is 0 Å². The number of hydrogen-bond acceptors (Lipinski definition) is 3. The Labute approximate surface area is 116 Å². The van der Waals surface area contributed by atoms with Gasteiger partial charge in [-0.25, -0.2) is 8.78 Å². The smallest absolute Gasteiger partial charge is 0.256 e. The van der Waals surface area contributed by atoms with Crippen LogP contribution in [0.4, 0.5) is 14.5 Å². The standard InChI is InChI=1S/C14H18F2N2O2/c1-14(20-2)4-3-5-18(8-14)13(19)9-6-10(15)11(16)7-12(9)17/h6-7H,3-5,8,17H2,1-2H3. The summed E-state index contributed by atoms with van der Waals surface area (Å²) in [5, 5.41) is 0. The number of benzene rings is 1. The predicted molar refractivity (Wildman–Crippen MR) is 71.3 cm³/mol. The number of rotatable bonds is 2. The number of nitrogens with zero attached hydrogens (tertiary/aromatic N) is 1. The molecule has 110 valence electrons. The minimum Gasteiger partial charge on any atom is -0.398 e. The van der Waals surface area contributed by atoms with Crippen LogP contribution < -0.4 is 5.73 Å². The van der Waals surface area contributed by atoms with Crippen molar-refractivity contribution in [3.8, 4) is 0 Å². The molecule has 1 heterocycles. The van der Waals surface area contributed by atoms with E-state index in [1.165, 1.54) is 0 Å². The van der Waals surface area contributed by atoms with Crippen LogP contribution in [0.25, 0.3) is 0 Å². The van der Waals surface area contributed by atoms with E-state index in [1.807, 2.05) is 6.92 Å². The number of halogens is 2. The number of ether oxygens (including phenoxy) is 1. The summed E-state index contributed by atoms with van der Waals surface area (Å²) in [6, 6.07) is 1.69. The third-order valence-corrected chi connectivity index (χ3v) is 3.76. The number of nitrogens with two attached hydrogens (primary N) is 1. The first-order valence-corrected chi connectivity index (χ1v) is 6.45. The average molecular weight is 284 g/mol. The van der Waals surface area contributed by atoms with Gasteiger partial charge in [0.05, 0.1) is 11.2 Å². The number of hydrogen-bond donors (Lipinski definition) is 1. The van der Waals surface area contributed by atoms with Crippen molar-refractivity contribution in [2.24, 2.45) is 0 Å². The Morgan fingerprint density at radius 1 is 1.40 bits per heavy atom. The molecule has 4 nitrogen and oxygen atoms in total. The number of carbonyl (C=O) groups is 1. The summed E-state index contributed by atoms with van der Waals surface area (Å²) < 4.78 is 31.7. The summed E-state index contributed by atoms with van der Waals surface area (Å²) in [5.74, 6) is -2.53. The van der Waals surface area contributed by atoms with E-state index in [4.69, 9.17) is 10.5 Å². The van der Waals surface area contributed by atoms with Gasteiger partial charge >= 0.3 is 0 Å². The molecule has 0 saturated carbocycles. The molecule has 2 rings (SSSR count). The third kappa shape index (κ3) is 2.75. The van der Waals surface area contributed by atoms with Crippen LogP contribution in [0.5, 0.6) is 0 Å². The van der Waals surface area contributed by atoms with E-state index < -0.39 is 23.1 Å². The maximum absolute atomic E-state index is 13.3. The molecule has 1 aromatic carbocycles. The first-order chi connectivity index (χ1) is 9.36. The Morgan fingerprint density at radius 3 is 2.70 bits per heavy atom. The Balaban J connectivity index is 2.25. The van der Waals surface area contributed by atoms with E-state index in [0.29, 0.717) is 13.1 Å². The van der Waals surface area contributed by atoms with Gasteiger partial charge in [-0.05, 0) is 25.8 Å². The fourth-order valence-electron chi connectivity index (χ4n) is 2.46. The zero-order valence-corrected chi connectivity index (χ0v) is 11.6. The topological polar surface area (TPSA) is 55.6 Å². The molecule has 0 bridgehead atoms. The van der Waals surface area contributed by atoms with Gasteiger partial charge in [-0.15, -0.1) is 0 Å². The van der Waals surface area contributed by atoms with Crippen molar-refractivity contribution in [1.29, 1.82) is 0 Å². The number of nitrogen functional groups attached to an aromatic ring is 1. The highest BCUT2D eigenvalue weighted by Gasteiger charge is 2.34. The fraction of sp³-hybridized carbons (Fsp3) is 0.500. The fourth-order valence-corrected chi connectivity index (χ4v) is 2.46. The third-order valence-electron chi connectivity index (χ3n) is 3.76. The Hall–Kier alpha value is -1.69. The van der Waals surface area contributed by atoms with E-state index in [1.54, 1.807) is 12.0 Å². The maximum Gasteiger partial charge on any atom is 0.256 e. The van der Waals surface area contributed by atoms with Crippen LogP contribution in [0.3, 0.4) is 0 Å². The van der Waals surface area contributed by atoms with Crippen molar-refractivity contribution in [2.75, 3.05) is 25.9 Å². The van der Waals surface area contributed by atoms with E-state index in [-0.39, 0.29) is 11.3 Å². The molecule has 0 radical (unpaired) electrons. The summed E-state index contributed by atoms with van der Waals surface area (Å²) >= 11 is 0. The van der Waals surface area contributed by atoms with Crippen molar-refractivity contribution in [3.05, 3.63) is 29.3 Å². The van der Waals surface area contributed by atoms with E-state index >= 15 is 0 Å². The molecular weight excluding hydrogens is 266 g/mol. The number of likely N-dealkylation sites (tertiary alicyclic amines) is 1. The summed E-state index contributed by atoms with van der Waals surface area (Å²) in [6.45, 7) is 2.87. The van der Waals surface area contributed by atoms with Crippen LogP contribution in [-0.2, 0) is 4.74 Å². The van der Waals surface area contributed by atoms with Gasteiger partial charge in [0.1, 0.15) is 0 Å². The molecule has 1 aromatic rings. The quantitative estimate of drug-likeness (QED) is 0.847. The van der Waals surface area contributed by atoms with Crippen molar-refractivity contribution < 1.29 is 18.3 Å². The molecule has 0 aromatic heterocycles. The zero-order valence-electron chi connectivity index (χ0n) is 11.6. The number of anilines is 1. The monoisotopic (exact) mass is 284 g/mol. The van der Waals surface area contributed by atoms with Gasteiger partial charge in [-0.3, -0.25) is 4.79 Å². The highest BCUT2D eigenvalue weighted by molar-refractivity contribution is 5.99. The number of amides is 1. The molecule has 1 saturated heterocycles. The lowest BCUT2D eigenvalue weighted by atomic mass is 9.94. The first kappa shape index (κ1) is 14.7. The molecule has 6 heteroatoms. The van der Waals surface area contributed by atoms with Crippen LogP contribution >= 0.6 is 0 Å². The molecule has 1 amide bonds. The Kier molecular flexibility index (Phi) is 3.94. The molecule has 2 N–H and O–H groups in total. The summed E-state index contributed by atoms with van der Waals surface area (Å²) in [4.78, 5) is 14.0. The lowest BCUT2D eigenvalue weighted by Crippen LogP contribution is -2.49. The second-order valence-electron chi connectivity index (χ2n) is 5.34. The largest absolute Gasteiger partial charge is 0.398 e.